The summed E-state index contributed by atoms with van der Waals surface area (Å²) in [5.74, 6) is -1.42. The van der Waals surface area contributed by atoms with Crippen molar-refractivity contribution in [1.82, 2.24) is 4.31 Å². The largest absolute Gasteiger partial charge is 0.455 e. The minimum Gasteiger partial charge on any atom is -0.455 e. The van der Waals surface area contributed by atoms with Gasteiger partial charge in [-0.05, 0) is 31.9 Å². The zero-order valence-electron chi connectivity index (χ0n) is 14.2. The maximum atomic E-state index is 12.1. The second kappa shape index (κ2) is 9.03. The summed E-state index contributed by atoms with van der Waals surface area (Å²) in [6, 6.07) is 4.80. The number of sulfonamides is 1. The van der Waals surface area contributed by atoms with Crippen LogP contribution >= 0.6 is 23.2 Å². The van der Waals surface area contributed by atoms with Gasteiger partial charge in [0.05, 0.1) is 27.4 Å². The van der Waals surface area contributed by atoms with Gasteiger partial charge in [-0.15, -0.1) is 0 Å². The average molecular weight is 423 g/mol. The van der Waals surface area contributed by atoms with Crippen molar-refractivity contribution in [2.75, 3.05) is 30.8 Å². The fraction of sp³-hybridized carbons (Fsp3) is 0.500. The van der Waals surface area contributed by atoms with Gasteiger partial charge in [0.1, 0.15) is 0 Å². The predicted molar refractivity (Wildman–Crippen MR) is 99.8 cm³/mol. The highest BCUT2D eigenvalue weighted by Crippen LogP contribution is 2.29. The number of halogens is 2. The zero-order chi connectivity index (χ0) is 19.3. The summed E-state index contributed by atoms with van der Waals surface area (Å²) in [6.45, 7) is 1.69. The Morgan fingerprint density at radius 2 is 1.92 bits per heavy atom. The average Bonchev–Trinajstić information content (AvgIpc) is 2.63. The quantitative estimate of drug-likeness (QED) is 0.710. The van der Waals surface area contributed by atoms with Crippen LogP contribution in [0.3, 0.4) is 0 Å². The Balaban J connectivity index is 1.80. The highest BCUT2D eigenvalue weighted by Gasteiger charge is 2.31. The van der Waals surface area contributed by atoms with Crippen LogP contribution in [0.15, 0.2) is 18.2 Å². The van der Waals surface area contributed by atoms with Gasteiger partial charge in [-0.1, -0.05) is 29.3 Å². The number of benzene rings is 1. The van der Waals surface area contributed by atoms with Crippen LogP contribution in [0.1, 0.15) is 19.8 Å². The Bertz CT molecular complexity index is 777. The van der Waals surface area contributed by atoms with Crippen LogP contribution in [0.2, 0.25) is 10.0 Å². The molecule has 10 heteroatoms. The van der Waals surface area contributed by atoms with E-state index in [1.165, 1.54) is 4.31 Å². The van der Waals surface area contributed by atoms with Crippen molar-refractivity contribution in [2.45, 2.75) is 19.8 Å². The lowest BCUT2D eigenvalue weighted by Gasteiger charge is -2.29. The molecule has 1 heterocycles. The summed E-state index contributed by atoms with van der Waals surface area (Å²) in [5.41, 5.74) is 0.332. The zero-order valence-corrected chi connectivity index (χ0v) is 16.5. The Morgan fingerprint density at radius 3 is 2.54 bits per heavy atom. The molecule has 26 heavy (non-hydrogen) atoms. The molecule has 0 spiro atoms. The molecule has 1 saturated heterocycles. The normalized spacial score (nSPS) is 16.3. The maximum absolute atomic E-state index is 12.1. The molecule has 0 atom stereocenters. The van der Waals surface area contributed by atoms with E-state index in [1.807, 2.05) is 0 Å². The number of piperidine rings is 1. The first-order chi connectivity index (χ1) is 12.2. The van der Waals surface area contributed by atoms with Crippen LogP contribution in [-0.4, -0.2) is 50.0 Å². The molecule has 0 unspecified atom stereocenters. The van der Waals surface area contributed by atoms with Gasteiger partial charge in [-0.3, -0.25) is 9.59 Å². The molecule has 1 aliphatic rings. The summed E-state index contributed by atoms with van der Waals surface area (Å²) in [4.78, 5) is 24.0. The lowest BCUT2D eigenvalue weighted by molar-refractivity contribution is -0.152. The number of anilines is 1. The lowest BCUT2D eigenvalue weighted by atomic mass is 9.98. The highest BCUT2D eigenvalue weighted by atomic mass is 35.5. The van der Waals surface area contributed by atoms with Crippen LogP contribution < -0.4 is 5.32 Å². The van der Waals surface area contributed by atoms with Crippen LogP contribution in [0.4, 0.5) is 5.69 Å². The number of carbonyl (C=O) groups excluding carboxylic acids is 2. The minimum absolute atomic E-state index is 0.0361. The molecular weight excluding hydrogens is 403 g/mol. The van der Waals surface area contributed by atoms with E-state index < -0.39 is 34.4 Å². The summed E-state index contributed by atoms with van der Waals surface area (Å²) >= 11 is 11.8. The van der Waals surface area contributed by atoms with Gasteiger partial charge < -0.3 is 10.1 Å². The molecule has 144 valence electrons. The summed E-state index contributed by atoms with van der Waals surface area (Å²) in [6.07, 6.45) is 0.750. The number of ether oxygens (including phenoxy) is 1. The van der Waals surface area contributed by atoms with Gasteiger partial charge in [-0.2, -0.15) is 0 Å². The minimum atomic E-state index is -3.24. The topological polar surface area (TPSA) is 92.8 Å². The number of esters is 1. The van der Waals surface area contributed by atoms with Crippen LogP contribution in [0.25, 0.3) is 0 Å². The van der Waals surface area contributed by atoms with E-state index in [1.54, 1.807) is 25.1 Å². The van der Waals surface area contributed by atoms with Crippen molar-refractivity contribution in [3.63, 3.8) is 0 Å². The molecule has 7 nitrogen and oxygen atoms in total. The molecule has 0 aliphatic carbocycles. The fourth-order valence-corrected chi connectivity index (χ4v) is 4.07. The van der Waals surface area contributed by atoms with Gasteiger partial charge >= 0.3 is 5.97 Å². The molecule has 1 N–H and O–H groups in total. The van der Waals surface area contributed by atoms with Crippen molar-refractivity contribution in [2.24, 2.45) is 5.92 Å². The molecule has 0 aromatic heterocycles. The first-order valence-corrected chi connectivity index (χ1v) is 10.5. The van der Waals surface area contributed by atoms with Crippen molar-refractivity contribution < 1.29 is 22.7 Å². The fourth-order valence-electron chi connectivity index (χ4n) is 2.59. The number of carbonyl (C=O) groups is 2. The number of amides is 1. The number of hydrogen-bond donors (Lipinski definition) is 1. The number of rotatable bonds is 6. The standard InChI is InChI=1S/C16H20Cl2N2O5S/c1-2-26(23,24)20-8-6-11(7-9-20)16(22)25-10-14(21)19-13-5-3-4-12(17)15(13)18/h3-5,11H,2,6-10H2,1H3,(H,19,21). The Hall–Kier alpha value is -1.35. The summed E-state index contributed by atoms with van der Waals surface area (Å²) in [5, 5.41) is 3.03. The molecule has 0 bridgehead atoms. The molecule has 1 aliphatic heterocycles. The van der Waals surface area contributed by atoms with Crippen molar-refractivity contribution in [3.05, 3.63) is 28.2 Å². The highest BCUT2D eigenvalue weighted by molar-refractivity contribution is 7.89. The first-order valence-electron chi connectivity index (χ1n) is 8.13. The van der Waals surface area contributed by atoms with E-state index in [4.69, 9.17) is 27.9 Å². The second-order valence-corrected chi connectivity index (χ2v) is 8.87. The van der Waals surface area contributed by atoms with Gasteiger partial charge in [-0.25, -0.2) is 12.7 Å². The van der Waals surface area contributed by atoms with Crippen molar-refractivity contribution >= 4 is 50.8 Å². The van der Waals surface area contributed by atoms with Crippen LogP contribution in [-0.2, 0) is 24.3 Å². The second-order valence-electron chi connectivity index (χ2n) is 5.83. The summed E-state index contributed by atoms with van der Waals surface area (Å²) < 4.78 is 30.0. The van der Waals surface area contributed by atoms with E-state index in [9.17, 15) is 18.0 Å². The molecule has 2 rings (SSSR count). The smallest absolute Gasteiger partial charge is 0.309 e. The lowest BCUT2D eigenvalue weighted by Crippen LogP contribution is -2.41. The van der Waals surface area contributed by atoms with E-state index in [0.29, 0.717) is 23.6 Å². The van der Waals surface area contributed by atoms with Gasteiger partial charge in [0.25, 0.3) is 5.91 Å². The molecule has 1 fully saturated rings. The molecular formula is C16H20Cl2N2O5S. The van der Waals surface area contributed by atoms with Crippen LogP contribution in [0.5, 0.6) is 0 Å². The first kappa shape index (κ1) is 21.0. The Kier molecular flexibility index (Phi) is 7.28. The van der Waals surface area contributed by atoms with E-state index in [2.05, 4.69) is 5.32 Å². The number of nitrogens with zero attached hydrogens (tertiary/aromatic N) is 1. The molecule has 1 aromatic rings. The third kappa shape index (κ3) is 5.33. The van der Waals surface area contributed by atoms with Gasteiger partial charge in [0, 0.05) is 13.1 Å². The van der Waals surface area contributed by atoms with E-state index in [0.717, 1.165) is 0 Å². The molecule has 0 saturated carbocycles. The van der Waals surface area contributed by atoms with E-state index in [-0.39, 0.29) is 23.9 Å². The van der Waals surface area contributed by atoms with Crippen LogP contribution in [0, 0.1) is 5.92 Å². The van der Waals surface area contributed by atoms with Crippen molar-refractivity contribution in [3.8, 4) is 0 Å². The number of nitrogens with one attached hydrogen (secondary N) is 1. The molecule has 0 radical (unpaired) electrons. The third-order valence-electron chi connectivity index (χ3n) is 4.12. The van der Waals surface area contributed by atoms with Crippen molar-refractivity contribution in [1.29, 1.82) is 0 Å². The SMILES string of the molecule is CCS(=O)(=O)N1CCC(C(=O)OCC(=O)Nc2cccc(Cl)c2Cl)CC1. The third-order valence-corrected chi connectivity index (χ3v) is 6.82. The number of hydrogen-bond acceptors (Lipinski definition) is 5. The Labute approximate surface area is 162 Å². The van der Waals surface area contributed by atoms with Gasteiger partial charge in [0.2, 0.25) is 10.0 Å². The maximum Gasteiger partial charge on any atom is 0.309 e. The monoisotopic (exact) mass is 422 g/mol. The molecule has 1 aromatic carbocycles. The predicted octanol–water partition coefficient (Wildman–Crippen LogP) is 2.54. The molecule has 1 amide bonds. The van der Waals surface area contributed by atoms with Gasteiger partial charge in [0.15, 0.2) is 6.61 Å². The summed E-state index contributed by atoms with van der Waals surface area (Å²) in [7, 11) is -3.24. The Morgan fingerprint density at radius 1 is 1.27 bits per heavy atom. The van der Waals surface area contributed by atoms with E-state index >= 15 is 0 Å².